The predicted octanol–water partition coefficient (Wildman–Crippen LogP) is 2.59. The minimum absolute atomic E-state index is 0.00219. The highest BCUT2D eigenvalue weighted by Gasteiger charge is 2.33. The Morgan fingerprint density at radius 2 is 2.03 bits per heavy atom. The fraction of sp³-hybridized carbons (Fsp3) is 0.364. The highest BCUT2D eigenvalue weighted by atomic mass is 16.2. The number of aryl methyl sites for hydroxylation is 1. The van der Waals surface area contributed by atoms with Crippen LogP contribution in [-0.2, 0) is 0 Å². The molecule has 0 aliphatic carbocycles. The van der Waals surface area contributed by atoms with Crippen LogP contribution in [0.25, 0.3) is 5.69 Å². The van der Waals surface area contributed by atoms with Gasteiger partial charge in [0.2, 0.25) is 0 Å². The lowest BCUT2D eigenvalue weighted by atomic mass is 9.89. The number of nitrogens with zero attached hydrogens (tertiary/aromatic N) is 7. The summed E-state index contributed by atoms with van der Waals surface area (Å²) in [6.45, 7) is 5.38. The highest BCUT2D eigenvalue weighted by Crippen LogP contribution is 2.27. The van der Waals surface area contributed by atoms with Crippen LogP contribution in [0.15, 0.2) is 42.7 Å². The lowest BCUT2D eigenvalue weighted by Gasteiger charge is -2.40. The second kappa shape index (κ2) is 8.92. The smallest absolute Gasteiger partial charge is 0.256 e. The van der Waals surface area contributed by atoms with Crippen LogP contribution in [0, 0.1) is 24.2 Å². The van der Waals surface area contributed by atoms with E-state index in [0.29, 0.717) is 36.1 Å². The Labute approximate surface area is 180 Å². The van der Waals surface area contributed by atoms with E-state index in [2.05, 4.69) is 32.6 Å². The number of carbonyl (C=O) groups excluding carboxylic acids is 1. The number of benzene rings is 1. The van der Waals surface area contributed by atoms with Crippen molar-refractivity contribution < 1.29 is 4.79 Å². The standard InChI is InChI=1S/C22H24N8O/c1-15-5-7-19(30-25-9-10-26-30)18(12-15)22(31)29-11-3-4-16(2)20(29)14-24-21-8-6-17(13-23)27-28-21/h5-10,12,16,20H,3-4,11,14H2,1-2H3,(H,24,28). The molecule has 4 rings (SSSR count). The molecule has 0 radical (unpaired) electrons. The topological polar surface area (TPSA) is 113 Å². The third-order valence-electron chi connectivity index (χ3n) is 5.66. The molecule has 1 amide bonds. The van der Waals surface area contributed by atoms with Crippen molar-refractivity contribution in [3.63, 3.8) is 0 Å². The average molecular weight is 416 g/mol. The molecule has 1 aliphatic heterocycles. The number of hydrogen-bond acceptors (Lipinski definition) is 7. The molecule has 1 aliphatic rings. The molecular weight excluding hydrogens is 392 g/mol. The first kappa shape index (κ1) is 20.5. The summed E-state index contributed by atoms with van der Waals surface area (Å²) < 4.78 is 0. The molecule has 1 aromatic carbocycles. The van der Waals surface area contributed by atoms with Crippen LogP contribution >= 0.6 is 0 Å². The van der Waals surface area contributed by atoms with Crippen molar-refractivity contribution in [2.75, 3.05) is 18.4 Å². The Kier molecular flexibility index (Phi) is 5.89. The fourth-order valence-electron chi connectivity index (χ4n) is 4.00. The third-order valence-corrected chi connectivity index (χ3v) is 5.66. The molecule has 9 nitrogen and oxygen atoms in total. The molecular formula is C22H24N8O. The number of piperidine rings is 1. The number of aromatic nitrogens is 5. The van der Waals surface area contributed by atoms with E-state index in [4.69, 9.17) is 5.26 Å². The van der Waals surface area contributed by atoms with Gasteiger partial charge in [-0.15, -0.1) is 10.2 Å². The Hall–Kier alpha value is -3.80. The Morgan fingerprint density at radius 3 is 2.74 bits per heavy atom. The quantitative estimate of drug-likeness (QED) is 0.680. The minimum Gasteiger partial charge on any atom is -0.367 e. The van der Waals surface area contributed by atoms with Gasteiger partial charge in [0.05, 0.1) is 29.7 Å². The monoisotopic (exact) mass is 416 g/mol. The molecule has 3 heterocycles. The van der Waals surface area contributed by atoms with Crippen molar-refractivity contribution >= 4 is 11.7 Å². The van der Waals surface area contributed by atoms with E-state index >= 15 is 0 Å². The van der Waals surface area contributed by atoms with Gasteiger partial charge in [0, 0.05) is 13.1 Å². The van der Waals surface area contributed by atoms with Gasteiger partial charge in [0.15, 0.2) is 5.69 Å². The maximum atomic E-state index is 13.7. The molecule has 158 valence electrons. The number of nitriles is 1. The van der Waals surface area contributed by atoms with E-state index in [-0.39, 0.29) is 17.6 Å². The summed E-state index contributed by atoms with van der Waals surface area (Å²) in [7, 11) is 0. The van der Waals surface area contributed by atoms with E-state index in [1.54, 1.807) is 24.5 Å². The number of anilines is 1. The summed E-state index contributed by atoms with van der Waals surface area (Å²) >= 11 is 0. The minimum atomic E-state index is -0.0275. The van der Waals surface area contributed by atoms with E-state index in [0.717, 1.165) is 18.4 Å². The Balaban J connectivity index is 1.58. The second-order valence-electron chi connectivity index (χ2n) is 7.82. The van der Waals surface area contributed by atoms with Crippen molar-refractivity contribution in [2.24, 2.45) is 5.92 Å². The Bertz CT molecular complexity index is 1090. The van der Waals surface area contributed by atoms with Crippen molar-refractivity contribution in [1.29, 1.82) is 5.26 Å². The fourth-order valence-corrected chi connectivity index (χ4v) is 4.00. The highest BCUT2D eigenvalue weighted by molar-refractivity contribution is 5.98. The molecule has 0 bridgehead atoms. The zero-order valence-electron chi connectivity index (χ0n) is 17.6. The third kappa shape index (κ3) is 4.38. The van der Waals surface area contributed by atoms with E-state index < -0.39 is 0 Å². The summed E-state index contributed by atoms with van der Waals surface area (Å²) in [6.07, 6.45) is 5.21. The van der Waals surface area contributed by atoms with Gasteiger partial charge in [-0.3, -0.25) is 4.79 Å². The zero-order chi connectivity index (χ0) is 21.8. The molecule has 3 aromatic rings. The van der Waals surface area contributed by atoms with Crippen LogP contribution in [0.4, 0.5) is 5.82 Å². The average Bonchev–Trinajstić information content (AvgIpc) is 3.32. The van der Waals surface area contributed by atoms with Crippen molar-refractivity contribution in [3.8, 4) is 11.8 Å². The van der Waals surface area contributed by atoms with E-state index in [1.165, 1.54) is 4.80 Å². The van der Waals surface area contributed by atoms with Gasteiger partial charge >= 0.3 is 0 Å². The number of amides is 1. The summed E-state index contributed by atoms with van der Waals surface area (Å²) in [5, 5.41) is 28.5. The zero-order valence-corrected chi connectivity index (χ0v) is 17.6. The normalized spacial score (nSPS) is 18.4. The number of hydrogen-bond donors (Lipinski definition) is 1. The van der Waals surface area contributed by atoms with Crippen LogP contribution in [0.2, 0.25) is 0 Å². The number of nitrogens with one attached hydrogen (secondary N) is 1. The van der Waals surface area contributed by atoms with Gasteiger partial charge in [-0.1, -0.05) is 18.6 Å². The molecule has 1 N–H and O–H groups in total. The van der Waals surface area contributed by atoms with Crippen LogP contribution in [0.5, 0.6) is 0 Å². The molecule has 31 heavy (non-hydrogen) atoms. The van der Waals surface area contributed by atoms with Crippen LogP contribution in [0.1, 0.15) is 41.4 Å². The molecule has 9 heteroatoms. The summed E-state index contributed by atoms with van der Waals surface area (Å²) in [6, 6.07) is 11.1. The van der Waals surface area contributed by atoms with Gasteiger partial charge in [-0.05, 0) is 49.9 Å². The first-order chi connectivity index (χ1) is 15.1. The molecule has 2 atom stereocenters. The van der Waals surface area contributed by atoms with Crippen LogP contribution in [-0.4, -0.2) is 55.1 Å². The second-order valence-corrected chi connectivity index (χ2v) is 7.82. The SMILES string of the molecule is Cc1ccc(-n2nccn2)c(C(=O)N2CCCC(C)C2CNc2ccc(C#N)nn2)c1. The lowest BCUT2D eigenvalue weighted by molar-refractivity contribution is 0.0539. The van der Waals surface area contributed by atoms with Gasteiger partial charge in [-0.2, -0.15) is 20.3 Å². The molecule has 2 unspecified atom stereocenters. The molecule has 1 fully saturated rings. The lowest BCUT2D eigenvalue weighted by Crippen LogP contribution is -2.51. The van der Waals surface area contributed by atoms with Gasteiger partial charge in [0.25, 0.3) is 5.91 Å². The van der Waals surface area contributed by atoms with E-state index in [9.17, 15) is 4.79 Å². The van der Waals surface area contributed by atoms with Crippen molar-refractivity contribution in [2.45, 2.75) is 32.7 Å². The molecule has 1 saturated heterocycles. The summed E-state index contributed by atoms with van der Waals surface area (Å²) in [5.74, 6) is 0.883. The van der Waals surface area contributed by atoms with Gasteiger partial charge in [0.1, 0.15) is 11.9 Å². The van der Waals surface area contributed by atoms with Gasteiger partial charge in [-0.25, -0.2) is 0 Å². The first-order valence-electron chi connectivity index (χ1n) is 10.3. The predicted molar refractivity (Wildman–Crippen MR) is 115 cm³/mol. The maximum absolute atomic E-state index is 13.7. The Morgan fingerprint density at radius 1 is 1.23 bits per heavy atom. The van der Waals surface area contributed by atoms with Crippen LogP contribution < -0.4 is 5.32 Å². The molecule has 0 spiro atoms. The van der Waals surface area contributed by atoms with Crippen molar-refractivity contribution in [3.05, 3.63) is 59.5 Å². The van der Waals surface area contributed by atoms with Gasteiger partial charge < -0.3 is 10.2 Å². The maximum Gasteiger partial charge on any atom is 0.256 e. The van der Waals surface area contributed by atoms with E-state index in [1.807, 2.05) is 36.1 Å². The number of likely N-dealkylation sites (tertiary alicyclic amines) is 1. The number of carbonyl (C=O) groups is 1. The van der Waals surface area contributed by atoms with Crippen molar-refractivity contribution in [1.82, 2.24) is 30.1 Å². The van der Waals surface area contributed by atoms with Crippen LogP contribution in [0.3, 0.4) is 0 Å². The largest absolute Gasteiger partial charge is 0.367 e. The summed E-state index contributed by atoms with van der Waals surface area (Å²) in [4.78, 5) is 17.1. The molecule has 0 saturated carbocycles. The summed E-state index contributed by atoms with van der Waals surface area (Å²) in [5.41, 5.74) is 2.54. The first-order valence-corrected chi connectivity index (χ1v) is 10.3. The number of rotatable bonds is 5. The molecule has 2 aromatic heterocycles.